The average Bonchev–Trinajstić information content (AvgIpc) is 3.76. The van der Waals surface area contributed by atoms with Gasteiger partial charge in [-0.3, -0.25) is 21.7 Å². The molecule has 252 valence electrons. The molecule has 0 fully saturated rings. The summed E-state index contributed by atoms with van der Waals surface area (Å²) in [4.78, 5) is 23.8. The minimum atomic E-state index is -0.761. The first-order valence-corrected chi connectivity index (χ1v) is 15.5. The summed E-state index contributed by atoms with van der Waals surface area (Å²) in [5.41, 5.74) is -0.488. The van der Waals surface area contributed by atoms with Crippen molar-refractivity contribution in [2.45, 2.75) is 93.2 Å². The van der Waals surface area contributed by atoms with Gasteiger partial charge in [0, 0.05) is 47.2 Å². The van der Waals surface area contributed by atoms with Crippen LogP contribution in [0.4, 0.5) is 17.6 Å². The van der Waals surface area contributed by atoms with Gasteiger partial charge in [-0.25, -0.2) is 41.9 Å². The summed E-state index contributed by atoms with van der Waals surface area (Å²) in [5, 5.41) is 5.33. The molecule has 0 bridgehead atoms. The molecule has 0 saturated carbocycles. The Labute approximate surface area is 293 Å². The molecule has 0 unspecified atom stereocenters. The Morgan fingerprint density at radius 3 is 1.28 bits per heavy atom. The van der Waals surface area contributed by atoms with Gasteiger partial charge in [0.2, 0.25) is 11.8 Å². The number of halogens is 4. The van der Waals surface area contributed by atoms with E-state index < -0.39 is 34.1 Å². The Hall–Kier alpha value is -3.23. The van der Waals surface area contributed by atoms with Crippen LogP contribution in [0.3, 0.4) is 0 Å². The van der Waals surface area contributed by atoms with Crippen LogP contribution >= 0.6 is 0 Å². The summed E-state index contributed by atoms with van der Waals surface area (Å²) in [6.45, 7) is 11.5. The molecule has 0 spiro atoms. The number of rotatable bonds is 10. The van der Waals surface area contributed by atoms with Crippen LogP contribution in [0.25, 0.3) is 0 Å². The fourth-order valence-electron chi connectivity index (χ4n) is 4.21. The molecule has 0 heterocycles. The van der Waals surface area contributed by atoms with E-state index in [2.05, 4.69) is 34.9 Å². The van der Waals surface area contributed by atoms with Gasteiger partial charge in [0.1, 0.15) is 0 Å². The number of carbonyl (C=O) groups excluding carboxylic acids is 2. The molecule has 2 aromatic carbocycles. The maximum atomic E-state index is 13.3. The van der Waals surface area contributed by atoms with Gasteiger partial charge in [0.05, 0.1) is 0 Å². The van der Waals surface area contributed by atoms with E-state index in [1.807, 2.05) is 78.0 Å². The second kappa shape index (κ2) is 23.2. The zero-order valence-electron chi connectivity index (χ0n) is 28.3. The minimum absolute atomic E-state index is 0. The Kier molecular flexibility index (Phi) is 21.6. The van der Waals surface area contributed by atoms with Crippen LogP contribution in [0.2, 0.25) is 0 Å². The van der Waals surface area contributed by atoms with E-state index in [1.165, 1.54) is 12.1 Å². The van der Waals surface area contributed by atoms with Gasteiger partial charge >= 0.3 is 21.7 Å². The summed E-state index contributed by atoms with van der Waals surface area (Å²) < 4.78 is 51.9. The molecule has 2 aromatic rings. The van der Waals surface area contributed by atoms with Crippen molar-refractivity contribution in [1.29, 1.82) is 0 Å². The van der Waals surface area contributed by atoms with E-state index >= 15 is 0 Å². The number of hydrogen-bond donors (Lipinski definition) is 2. The van der Waals surface area contributed by atoms with Crippen LogP contribution in [0.1, 0.15) is 91.2 Å². The van der Waals surface area contributed by atoms with Crippen molar-refractivity contribution in [1.82, 2.24) is 10.6 Å². The number of benzene rings is 2. The Bertz CT molecular complexity index is 1240. The number of hydrogen-bond acceptors (Lipinski definition) is 2. The van der Waals surface area contributed by atoms with Crippen LogP contribution < -0.4 is 10.6 Å². The Morgan fingerprint density at radius 1 is 0.681 bits per heavy atom. The minimum Gasteiger partial charge on any atom is -0.363 e. The molecule has 9 heteroatoms. The standard InChI is InChI=1S/2C14H18F2NO.2C5H5.Ti/c2*1-4-7-14(2,3)13(18)17-9-10-5-6-11(15)8-12(10)16;2*1-2-4-5-3-1;/h2*5-6H,4,7,9H2,1-3H3,(H,17,18);2*1-3H,4H2;/q4*-1;+4. The average molecular weight is 687 g/mol. The third-order valence-electron chi connectivity index (χ3n) is 6.91. The fraction of sp³-hybridized carbons (Fsp3) is 0.421. The van der Waals surface area contributed by atoms with Crippen LogP contribution in [0.15, 0.2) is 60.7 Å². The normalized spacial score (nSPS) is 12.5. The van der Waals surface area contributed by atoms with Gasteiger partial charge in [-0.1, -0.05) is 54.4 Å². The number of carbonyl (C=O) groups is 2. The predicted octanol–water partition coefficient (Wildman–Crippen LogP) is 9.02. The molecule has 2 aliphatic carbocycles. The second-order valence-electron chi connectivity index (χ2n) is 11.9. The first kappa shape index (κ1) is 43.8. The van der Waals surface area contributed by atoms with Gasteiger partial charge in [-0.15, -0.1) is 48.2 Å². The van der Waals surface area contributed by atoms with Gasteiger partial charge in [-0.2, -0.15) is 24.3 Å². The molecule has 47 heavy (non-hydrogen) atoms. The maximum absolute atomic E-state index is 13.3. The van der Waals surface area contributed by atoms with Gasteiger partial charge in [0.15, 0.2) is 0 Å². The largest absolute Gasteiger partial charge is 4.00 e. The molecular formula is C38H46F4N2O2Ti. The molecule has 0 aromatic heterocycles. The number of allylic oxidation sites excluding steroid dienone is 8. The van der Waals surface area contributed by atoms with E-state index in [0.717, 1.165) is 50.7 Å². The van der Waals surface area contributed by atoms with Crippen molar-refractivity contribution in [2.24, 2.45) is 10.8 Å². The topological polar surface area (TPSA) is 58.2 Å². The molecule has 0 radical (unpaired) electrons. The quantitative estimate of drug-likeness (QED) is 0.149. The Morgan fingerprint density at radius 2 is 1.04 bits per heavy atom. The van der Waals surface area contributed by atoms with Gasteiger partial charge < -0.3 is 10.6 Å². The predicted molar refractivity (Wildman–Crippen MR) is 175 cm³/mol. The van der Waals surface area contributed by atoms with Gasteiger partial charge in [-0.05, 0) is 12.8 Å². The first-order valence-electron chi connectivity index (χ1n) is 15.5. The monoisotopic (exact) mass is 686 g/mol. The summed E-state index contributed by atoms with van der Waals surface area (Å²) in [6, 6.07) is 8.76. The maximum Gasteiger partial charge on any atom is 4.00 e. The summed E-state index contributed by atoms with van der Waals surface area (Å²) in [5.74, 6) is -3.27. The van der Waals surface area contributed by atoms with E-state index in [0.29, 0.717) is 0 Å². The molecule has 0 aliphatic heterocycles. The van der Waals surface area contributed by atoms with E-state index in [-0.39, 0.29) is 57.7 Å². The van der Waals surface area contributed by atoms with Crippen molar-refractivity contribution >= 4 is 11.8 Å². The van der Waals surface area contributed by atoms with Crippen molar-refractivity contribution in [3.8, 4) is 0 Å². The molecule has 0 atom stereocenters. The molecule has 2 amide bonds. The van der Waals surface area contributed by atoms with Crippen molar-refractivity contribution in [3.05, 3.63) is 119 Å². The van der Waals surface area contributed by atoms with Crippen LogP contribution in [0, 0.1) is 58.4 Å². The van der Waals surface area contributed by atoms with E-state index in [1.54, 1.807) is 0 Å². The molecule has 2 N–H and O–H groups in total. The number of nitrogens with one attached hydrogen (secondary N) is 2. The molecular weight excluding hydrogens is 640 g/mol. The van der Waals surface area contributed by atoms with Crippen LogP contribution in [0.5, 0.6) is 0 Å². The van der Waals surface area contributed by atoms with Crippen molar-refractivity contribution < 1.29 is 48.9 Å². The van der Waals surface area contributed by atoms with Gasteiger partial charge in [0.25, 0.3) is 0 Å². The Balaban J connectivity index is 0.000000681. The SMILES string of the molecule is CCCC(C)(C)C(=O)NCc1ccc(F)[c-]c1F.CCCC(C)(C)C(=O)NCc1ccc(F)[c-]c1F.[C-]1=CC=CC1.[C-]1=CC=CC1.[Ti+4]. The third kappa shape index (κ3) is 18.0. The summed E-state index contributed by atoms with van der Waals surface area (Å²) >= 11 is 0. The van der Waals surface area contributed by atoms with Crippen LogP contribution in [-0.2, 0) is 44.4 Å². The first-order chi connectivity index (χ1) is 21.7. The molecule has 0 saturated heterocycles. The molecule has 4 rings (SSSR count). The third-order valence-corrected chi connectivity index (χ3v) is 6.91. The second-order valence-corrected chi connectivity index (χ2v) is 11.9. The fourth-order valence-corrected chi connectivity index (χ4v) is 4.21. The molecule has 2 aliphatic rings. The number of amides is 2. The zero-order valence-corrected chi connectivity index (χ0v) is 29.8. The van der Waals surface area contributed by atoms with Crippen LogP contribution in [-0.4, -0.2) is 11.8 Å². The van der Waals surface area contributed by atoms with E-state index in [9.17, 15) is 27.2 Å². The van der Waals surface area contributed by atoms with Crippen molar-refractivity contribution in [2.75, 3.05) is 0 Å². The van der Waals surface area contributed by atoms with Crippen molar-refractivity contribution in [3.63, 3.8) is 0 Å². The summed E-state index contributed by atoms with van der Waals surface area (Å²) in [7, 11) is 0. The smallest absolute Gasteiger partial charge is 0.363 e. The van der Waals surface area contributed by atoms with E-state index in [4.69, 9.17) is 0 Å². The molecule has 4 nitrogen and oxygen atoms in total. The summed E-state index contributed by atoms with van der Waals surface area (Å²) in [6.07, 6.45) is 23.3. The zero-order chi connectivity index (χ0) is 34.6.